The van der Waals surface area contributed by atoms with Crippen LogP contribution in [-0.4, -0.2) is 18.8 Å². The number of rotatable bonds is 4. The predicted octanol–water partition coefficient (Wildman–Crippen LogP) is 3.46. The normalized spacial score (nSPS) is 26.4. The van der Waals surface area contributed by atoms with E-state index in [0.717, 1.165) is 18.7 Å². The van der Waals surface area contributed by atoms with Crippen molar-refractivity contribution in [3.8, 4) is 6.07 Å². The Morgan fingerprint density at radius 2 is 2.30 bits per heavy atom. The second-order valence-electron chi connectivity index (χ2n) is 5.77. The van der Waals surface area contributed by atoms with E-state index in [0.29, 0.717) is 12.1 Å². The standard InChI is InChI=1S/C16H19FN2O/c1-2-20-15-9-14(16(15)6-3-7-16)19-12-4-5-13(17)11(8-12)10-18/h4-5,8,14-15,19H,2-3,6-7,9H2,1H3. The molecule has 0 aliphatic heterocycles. The Balaban J connectivity index is 1.72. The van der Waals surface area contributed by atoms with Crippen LogP contribution in [0.5, 0.6) is 0 Å². The van der Waals surface area contributed by atoms with E-state index in [1.165, 1.54) is 25.3 Å². The van der Waals surface area contributed by atoms with Crippen LogP contribution in [0.15, 0.2) is 18.2 Å². The van der Waals surface area contributed by atoms with Crippen molar-refractivity contribution in [2.45, 2.75) is 44.8 Å². The molecule has 0 radical (unpaired) electrons. The highest BCUT2D eigenvalue weighted by Crippen LogP contribution is 2.58. The van der Waals surface area contributed by atoms with Crippen LogP contribution in [0.3, 0.4) is 0 Å². The first-order valence-electron chi connectivity index (χ1n) is 7.27. The van der Waals surface area contributed by atoms with Crippen LogP contribution in [0.2, 0.25) is 0 Å². The maximum Gasteiger partial charge on any atom is 0.141 e. The van der Waals surface area contributed by atoms with Crippen LogP contribution in [0.4, 0.5) is 10.1 Å². The number of nitrogens with one attached hydrogen (secondary N) is 1. The zero-order valence-electron chi connectivity index (χ0n) is 11.7. The first-order chi connectivity index (χ1) is 9.69. The second-order valence-corrected chi connectivity index (χ2v) is 5.77. The molecule has 0 heterocycles. The van der Waals surface area contributed by atoms with Gasteiger partial charge in [0.2, 0.25) is 0 Å². The summed E-state index contributed by atoms with van der Waals surface area (Å²) in [6.45, 7) is 2.79. The summed E-state index contributed by atoms with van der Waals surface area (Å²) in [5.41, 5.74) is 1.18. The Kier molecular flexibility index (Phi) is 3.39. The molecule has 0 amide bonds. The Morgan fingerprint density at radius 1 is 1.50 bits per heavy atom. The van der Waals surface area contributed by atoms with Crippen molar-refractivity contribution in [3.63, 3.8) is 0 Å². The number of anilines is 1. The Morgan fingerprint density at radius 3 is 2.90 bits per heavy atom. The van der Waals surface area contributed by atoms with Crippen LogP contribution >= 0.6 is 0 Å². The molecule has 2 aliphatic rings. The maximum atomic E-state index is 13.3. The number of halogens is 1. The van der Waals surface area contributed by atoms with E-state index in [4.69, 9.17) is 10.00 Å². The van der Waals surface area contributed by atoms with E-state index >= 15 is 0 Å². The molecule has 1 aromatic rings. The van der Waals surface area contributed by atoms with Gasteiger partial charge in [-0.1, -0.05) is 6.42 Å². The van der Waals surface area contributed by atoms with Crippen molar-refractivity contribution in [1.82, 2.24) is 0 Å². The van der Waals surface area contributed by atoms with Gasteiger partial charge in [0.1, 0.15) is 11.9 Å². The van der Waals surface area contributed by atoms with Gasteiger partial charge in [0.15, 0.2) is 0 Å². The Labute approximate surface area is 118 Å². The lowest BCUT2D eigenvalue weighted by atomic mass is 9.51. The molecule has 1 spiro atoms. The second kappa shape index (κ2) is 5.06. The molecule has 2 unspecified atom stereocenters. The summed E-state index contributed by atoms with van der Waals surface area (Å²) in [5.74, 6) is -0.461. The Bertz CT molecular complexity index is 548. The smallest absolute Gasteiger partial charge is 0.141 e. The van der Waals surface area contributed by atoms with E-state index in [1.807, 2.05) is 13.0 Å². The molecule has 3 rings (SSSR count). The lowest BCUT2D eigenvalue weighted by Crippen LogP contribution is -2.64. The minimum absolute atomic E-state index is 0.0957. The molecule has 0 saturated heterocycles. The molecule has 1 N–H and O–H groups in total. The van der Waals surface area contributed by atoms with Crippen LogP contribution < -0.4 is 5.32 Å². The minimum Gasteiger partial charge on any atom is -0.382 e. The van der Waals surface area contributed by atoms with Gasteiger partial charge in [0.25, 0.3) is 0 Å². The predicted molar refractivity (Wildman–Crippen MR) is 74.8 cm³/mol. The van der Waals surface area contributed by atoms with Crippen molar-refractivity contribution in [1.29, 1.82) is 5.26 Å². The van der Waals surface area contributed by atoms with Crippen LogP contribution in [0.1, 0.15) is 38.2 Å². The van der Waals surface area contributed by atoms with Crippen molar-refractivity contribution in [2.75, 3.05) is 11.9 Å². The maximum absolute atomic E-state index is 13.3. The average molecular weight is 274 g/mol. The third-order valence-electron chi connectivity index (χ3n) is 4.87. The lowest BCUT2D eigenvalue weighted by Gasteiger charge is -2.61. The fraction of sp³-hybridized carbons (Fsp3) is 0.562. The van der Waals surface area contributed by atoms with Crippen molar-refractivity contribution in [3.05, 3.63) is 29.6 Å². The van der Waals surface area contributed by atoms with Gasteiger partial charge in [0, 0.05) is 23.8 Å². The minimum atomic E-state index is -0.461. The third-order valence-corrected chi connectivity index (χ3v) is 4.87. The number of nitriles is 1. The van der Waals surface area contributed by atoms with E-state index in [-0.39, 0.29) is 11.0 Å². The molecule has 2 saturated carbocycles. The van der Waals surface area contributed by atoms with Gasteiger partial charge in [0.05, 0.1) is 11.7 Å². The summed E-state index contributed by atoms with van der Waals surface area (Å²) in [5, 5.41) is 12.3. The molecule has 2 atom stereocenters. The number of ether oxygens (including phenoxy) is 1. The lowest BCUT2D eigenvalue weighted by molar-refractivity contribution is -0.157. The highest BCUT2D eigenvalue weighted by molar-refractivity contribution is 5.51. The van der Waals surface area contributed by atoms with Crippen molar-refractivity contribution >= 4 is 5.69 Å². The van der Waals surface area contributed by atoms with Gasteiger partial charge >= 0.3 is 0 Å². The zero-order valence-corrected chi connectivity index (χ0v) is 11.7. The molecular formula is C16H19FN2O. The van der Waals surface area contributed by atoms with Gasteiger partial charge in [-0.25, -0.2) is 4.39 Å². The number of nitrogens with zero attached hydrogens (tertiary/aromatic N) is 1. The average Bonchev–Trinajstić information content (AvgIpc) is 2.37. The Hall–Kier alpha value is -1.60. The van der Waals surface area contributed by atoms with Gasteiger partial charge in [-0.15, -0.1) is 0 Å². The number of benzene rings is 1. The third kappa shape index (κ3) is 1.97. The SMILES string of the molecule is CCOC1CC(Nc2ccc(F)c(C#N)c2)C12CCC2. The first kappa shape index (κ1) is 13.4. The zero-order chi connectivity index (χ0) is 14.2. The van der Waals surface area contributed by atoms with Gasteiger partial charge in [-0.3, -0.25) is 0 Å². The quantitative estimate of drug-likeness (QED) is 0.914. The van der Waals surface area contributed by atoms with Gasteiger partial charge in [-0.2, -0.15) is 5.26 Å². The number of hydrogen-bond donors (Lipinski definition) is 1. The fourth-order valence-electron chi connectivity index (χ4n) is 3.54. The van der Waals surface area contributed by atoms with E-state index < -0.39 is 5.82 Å². The molecule has 0 bridgehead atoms. The molecular weight excluding hydrogens is 255 g/mol. The van der Waals surface area contributed by atoms with Crippen molar-refractivity contribution < 1.29 is 9.13 Å². The molecule has 0 aromatic heterocycles. The summed E-state index contributed by atoms with van der Waals surface area (Å²) in [6, 6.07) is 6.91. The molecule has 3 nitrogen and oxygen atoms in total. The molecule has 106 valence electrons. The molecule has 1 aromatic carbocycles. The molecule has 2 aliphatic carbocycles. The van der Waals surface area contributed by atoms with Crippen molar-refractivity contribution in [2.24, 2.45) is 5.41 Å². The van der Waals surface area contributed by atoms with E-state index in [1.54, 1.807) is 12.1 Å². The summed E-state index contributed by atoms with van der Waals surface area (Å²) in [6.07, 6.45) is 5.00. The fourth-order valence-corrected chi connectivity index (χ4v) is 3.54. The van der Waals surface area contributed by atoms with Crippen LogP contribution in [-0.2, 0) is 4.74 Å². The molecule has 2 fully saturated rings. The van der Waals surface area contributed by atoms with Gasteiger partial charge < -0.3 is 10.1 Å². The van der Waals surface area contributed by atoms with E-state index in [9.17, 15) is 4.39 Å². The molecule has 20 heavy (non-hydrogen) atoms. The monoisotopic (exact) mass is 274 g/mol. The number of hydrogen-bond acceptors (Lipinski definition) is 3. The topological polar surface area (TPSA) is 45.0 Å². The van der Waals surface area contributed by atoms with Gasteiger partial charge in [-0.05, 0) is 44.4 Å². The summed E-state index contributed by atoms with van der Waals surface area (Å²) in [4.78, 5) is 0. The summed E-state index contributed by atoms with van der Waals surface area (Å²) in [7, 11) is 0. The highest BCUT2D eigenvalue weighted by Gasteiger charge is 2.58. The van der Waals surface area contributed by atoms with Crippen LogP contribution in [0, 0.1) is 22.6 Å². The first-order valence-corrected chi connectivity index (χ1v) is 7.27. The van der Waals surface area contributed by atoms with E-state index in [2.05, 4.69) is 5.32 Å². The summed E-state index contributed by atoms with van der Waals surface area (Å²) < 4.78 is 19.1. The molecule has 4 heteroatoms. The largest absolute Gasteiger partial charge is 0.382 e. The highest BCUT2D eigenvalue weighted by atomic mass is 19.1. The summed E-state index contributed by atoms with van der Waals surface area (Å²) >= 11 is 0. The van der Waals surface area contributed by atoms with Crippen LogP contribution in [0.25, 0.3) is 0 Å².